The van der Waals surface area contributed by atoms with Crippen molar-refractivity contribution in [1.82, 2.24) is 14.7 Å². The third-order valence-corrected chi connectivity index (χ3v) is 9.91. The van der Waals surface area contributed by atoms with Crippen molar-refractivity contribution in [2.75, 3.05) is 33.3 Å². The molecule has 0 aromatic carbocycles. The van der Waals surface area contributed by atoms with Gasteiger partial charge < -0.3 is 19.8 Å². The summed E-state index contributed by atoms with van der Waals surface area (Å²) in [6, 6.07) is -0.614. The summed E-state index contributed by atoms with van der Waals surface area (Å²) >= 11 is 1.72. The van der Waals surface area contributed by atoms with Gasteiger partial charge in [-0.25, -0.2) is 0 Å². The molecular weight excluding hydrogens is 450 g/mol. The summed E-state index contributed by atoms with van der Waals surface area (Å²) in [5.41, 5.74) is 0. The van der Waals surface area contributed by atoms with Crippen molar-refractivity contribution in [2.24, 2.45) is 17.8 Å². The predicted octanol–water partition coefficient (Wildman–Crippen LogP) is 2.55. The van der Waals surface area contributed by atoms with Crippen molar-refractivity contribution in [1.29, 1.82) is 0 Å². The predicted molar refractivity (Wildman–Crippen MR) is 136 cm³/mol. The number of hydrogen-bond donors (Lipinski definition) is 1. The summed E-state index contributed by atoms with van der Waals surface area (Å²) < 4.78 is -0.598. The van der Waals surface area contributed by atoms with Crippen molar-refractivity contribution in [3.05, 3.63) is 25.3 Å². The first kappa shape index (κ1) is 26.8. The molecule has 6 atom stereocenters. The van der Waals surface area contributed by atoms with Gasteiger partial charge >= 0.3 is 0 Å². The Morgan fingerprint density at radius 3 is 2.47 bits per heavy atom. The van der Waals surface area contributed by atoms with Crippen LogP contribution in [-0.4, -0.2) is 92.9 Å². The molecule has 3 aliphatic heterocycles. The van der Waals surface area contributed by atoms with Gasteiger partial charge in [0, 0.05) is 44.6 Å². The molecule has 3 amide bonds. The summed E-state index contributed by atoms with van der Waals surface area (Å²) in [5, 5.41) is 9.23. The van der Waals surface area contributed by atoms with Crippen molar-refractivity contribution in [2.45, 2.75) is 68.5 Å². The van der Waals surface area contributed by atoms with Gasteiger partial charge in [-0.1, -0.05) is 19.1 Å². The van der Waals surface area contributed by atoms with Gasteiger partial charge in [-0.05, 0) is 45.4 Å². The second-order valence-electron chi connectivity index (χ2n) is 10.2. The van der Waals surface area contributed by atoms with Crippen LogP contribution in [-0.2, 0) is 14.4 Å². The molecule has 1 spiro atoms. The summed E-state index contributed by atoms with van der Waals surface area (Å²) in [4.78, 5) is 46.9. The Hall–Kier alpha value is -1.80. The molecule has 2 bridgehead atoms. The Morgan fingerprint density at radius 2 is 1.88 bits per heavy atom. The molecule has 0 radical (unpaired) electrons. The van der Waals surface area contributed by atoms with Crippen LogP contribution in [0.15, 0.2) is 25.3 Å². The third-order valence-electron chi connectivity index (χ3n) is 7.83. The van der Waals surface area contributed by atoms with Gasteiger partial charge in [0.05, 0.1) is 16.6 Å². The molecule has 0 aromatic rings. The highest BCUT2D eigenvalue weighted by Gasteiger charge is 2.76. The van der Waals surface area contributed by atoms with E-state index in [1.165, 1.54) is 0 Å². The van der Waals surface area contributed by atoms with E-state index >= 15 is 0 Å². The quantitative estimate of drug-likeness (QED) is 0.335. The van der Waals surface area contributed by atoms with Gasteiger partial charge in [0.25, 0.3) is 0 Å². The summed E-state index contributed by atoms with van der Waals surface area (Å²) in [6.45, 7) is 15.1. The van der Waals surface area contributed by atoms with E-state index in [0.29, 0.717) is 26.1 Å². The molecule has 34 heavy (non-hydrogen) atoms. The third kappa shape index (κ3) is 4.32. The molecule has 7 nitrogen and oxygen atoms in total. The number of hydrogen-bond acceptors (Lipinski definition) is 5. The molecule has 3 heterocycles. The number of amides is 3. The topological polar surface area (TPSA) is 81.2 Å². The molecule has 3 fully saturated rings. The van der Waals surface area contributed by atoms with Crippen molar-refractivity contribution in [3.8, 4) is 0 Å². The number of fused-ring (bicyclic) bond motifs is 1. The number of likely N-dealkylation sites (N-methyl/N-ethyl adjacent to an activating group) is 1. The maximum absolute atomic E-state index is 14.1. The van der Waals surface area contributed by atoms with E-state index in [0.717, 1.165) is 19.3 Å². The maximum Gasteiger partial charge on any atom is 0.247 e. The monoisotopic (exact) mass is 491 g/mol. The molecule has 190 valence electrons. The minimum atomic E-state index is -0.598. The van der Waals surface area contributed by atoms with Crippen molar-refractivity contribution >= 4 is 29.5 Å². The average Bonchev–Trinajstić information content (AvgIpc) is 3.38. The van der Waals surface area contributed by atoms with Crippen LogP contribution in [0.2, 0.25) is 0 Å². The maximum atomic E-state index is 14.1. The molecular formula is C26H41N3O4S. The Labute approximate surface area is 208 Å². The first-order valence-electron chi connectivity index (χ1n) is 12.5. The number of aliphatic hydroxyl groups excluding tert-OH is 1. The van der Waals surface area contributed by atoms with E-state index in [9.17, 15) is 19.5 Å². The van der Waals surface area contributed by atoms with E-state index in [1.807, 2.05) is 18.7 Å². The van der Waals surface area contributed by atoms with Crippen LogP contribution in [0, 0.1) is 17.8 Å². The molecule has 0 saturated carbocycles. The highest BCUT2D eigenvalue weighted by Crippen LogP contribution is 2.68. The zero-order valence-electron chi connectivity index (χ0n) is 21.1. The molecule has 3 unspecified atom stereocenters. The Balaban J connectivity index is 2.03. The van der Waals surface area contributed by atoms with Gasteiger partial charge in [0.1, 0.15) is 6.04 Å². The van der Waals surface area contributed by atoms with E-state index < -0.39 is 22.6 Å². The molecule has 0 aliphatic carbocycles. The van der Waals surface area contributed by atoms with Gasteiger partial charge in [0.15, 0.2) is 0 Å². The fourth-order valence-electron chi connectivity index (χ4n) is 6.28. The molecule has 3 saturated heterocycles. The first-order chi connectivity index (χ1) is 16.2. The van der Waals surface area contributed by atoms with Crippen LogP contribution in [0.1, 0.15) is 46.5 Å². The molecule has 8 heteroatoms. The fourth-order valence-corrected chi connectivity index (χ4v) is 8.69. The molecule has 0 aromatic heterocycles. The van der Waals surface area contributed by atoms with Crippen molar-refractivity contribution < 1.29 is 19.5 Å². The number of nitrogens with zero attached hydrogens (tertiary/aromatic N) is 3. The number of thioether (sulfide) groups is 1. The zero-order valence-corrected chi connectivity index (χ0v) is 21.9. The van der Waals surface area contributed by atoms with Crippen LogP contribution >= 0.6 is 11.8 Å². The van der Waals surface area contributed by atoms with Crippen LogP contribution in [0.5, 0.6) is 0 Å². The van der Waals surface area contributed by atoms with E-state index in [-0.39, 0.29) is 41.5 Å². The average molecular weight is 492 g/mol. The number of likely N-dealkylation sites (tertiary alicyclic amines) is 1. The second kappa shape index (κ2) is 10.9. The highest BCUT2D eigenvalue weighted by molar-refractivity contribution is 8.02. The normalized spacial score (nSPS) is 31.6. The number of rotatable bonds is 12. The molecule has 1 N–H and O–H groups in total. The Kier molecular flexibility index (Phi) is 8.56. The minimum absolute atomic E-state index is 0.0235. The highest BCUT2D eigenvalue weighted by atomic mass is 32.2. The molecule has 3 aliphatic rings. The standard InChI is InChI=1S/C26H41N3O4S/c1-7-12-27(6)23(31)20-19-16-18(5)26(34-19)21(20)24(32)29(14-10-9-11-15-30)22(26)25(33)28(13-8-2)17(3)4/h7-8,17-22,30H,1-2,9-16H2,3-6H3/t18?,19-,20+,21+,22?,26?/m1/s1. The van der Waals surface area contributed by atoms with E-state index in [4.69, 9.17) is 0 Å². The van der Waals surface area contributed by atoms with Crippen LogP contribution < -0.4 is 0 Å². The van der Waals surface area contributed by atoms with Crippen molar-refractivity contribution in [3.63, 3.8) is 0 Å². The van der Waals surface area contributed by atoms with Gasteiger partial charge in [-0.15, -0.1) is 24.9 Å². The first-order valence-corrected chi connectivity index (χ1v) is 13.4. The lowest BCUT2D eigenvalue weighted by atomic mass is 9.65. The summed E-state index contributed by atoms with van der Waals surface area (Å²) in [7, 11) is 1.76. The fraction of sp³-hybridized carbons (Fsp3) is 0.731. The van der Waals surface area contributed by atoms with Crippen LogP contribution in [0.4, 0.5) is 0 Å². The Morgan fingerprint density at radius 1 is 1.21 bits per heavy atom. The van der Waals surface area contributed by atoms with Gasteiger partial charge in [-0.2, -0.15) is 0 Å². The SMILES string of the molecule is C=CCN(C)C(=O)[C@@H]1[C@H]2C(=O)N(CCCCCO)C(C(=O)N(CC=C)C(C)C)C23S[C@@H]1CC3C. The van der Waals surface area contributed by atoms with Crippen LogP contribution in [0.3, 0.4) is 0 Å². The number of aliphatic hydroxyl groups is 1. The van der Waals surface area contributed by atoms with E-state index in [1.54, 1.807) is 40.8 Å². The minimum Gasteiger partial charge on any atom is -0.396 e. The lowest BCUT2D eigenvalue weighted by Crippen LogP contribution is -2.58. The number of carbonyl (C=O) groups is 3. The smallest absolute Gasteiger partial charge is 0.247 e. The number of carbonyl (C=O) groups excluding carboxylic acids is 3. The number of unbranched alkanes of at least 4 members (excludes halogenated alkanes) is 2. The van der Waals surface area contributed by atoms with Gasteiger partial charge in [-0.3, -0.25) is 14.4 Å². The lowest BCUT2D eigenvalue weighted by Gasteiger charge is -2.41. The summed E-state index contributed by atoms with van der Waals surface area (Å²) in [6.07, 6.45) is 6.44. The van der Waals surface area contributed by atoms with Gasteiger partial charge in [0.2, 0.25) is 17.7 Å². The summed E-state index contributed by atoms with van der Waals surface area (Å²) in [5.74, 6) is -0.875. The molecule has 3 rings (SSSR count). The zero-order chi connectivity index (χ0) is 25.2. The van der Waals surface area contributed by atoms with Crippen LogP contribution in [0.25, 0.3) is 0 Å². The lowest BCUT2D eigenvalue weighted by molar-refractivity contribution is -0.144. The van der Waals surface area contributed by atoms with E-state index in [2.05, 4.69) is 20.1 Å². The second-order valence-corrected chi connectivity index (χ2v) is 11.8. The Bertz CT molecular complexity index is 818. The largest absolute Gasteiger partial charge is 0.396 e.